The molecule has 1 heterocycles. The van der Waals surface area contributed by atoms with Gasteiger partial charge in [-0.15, -0.1) is 0 Å². The van der Waals surface area contributed by atoms with Gasteiger partial charge in [-0.05, 0) is 18.1 Å². The molecule has 15 heavy (non-hydrogen) atoms. The van der Waals surface area contributed by atoms with Gasteiger partial charge in [0.05, 0.1) is 19.3 Å². The van der Waals surface area contributed by atoms with E-state index in [2.05, 4.69) is 0 Å². The first-order valence-electron chi connectivity index (χ1n) is 4.95. The molecule has 4 nitrogen and oxygen atoms in total. The van der Waals surface area contributed by atoms with Crippen LogP contribution < -0.4 is 0 Å². The molecule has 1 aromatic carbocycles. The van der Waals surface area contributed by atoms with Gasteiger partial charge in [0.2, 0.25) is 0 Å². The highest BCUT2D eigenvalue weighted by atomic mass is 16.5. The number of aliphatic hydroxyl groups is 1. The van der Waals surface area contributed by atoms with Crippen LogP contribution in [0.1, 0.15) is 17.9 Å². The van der Waals surface area contributed by atoms with Gasteiger partial charge in [0.15, 0.2) is 0 Å². The van der Waals surface area contributed by atoms with E-state index in [9.17, 15) is 5.11 Å². The zero-order chi connectivity index (χ0) is 10.8. The fourth-order valence-corrected chi connectivity index (χ4v) is 1.93. The Balaban J connectivity index is 2.17. The topological polar surface area (TPSA) is 69.9 Å². The van der Waals surface area contributed by atoms with Crippen LogP contribution in [0.4, 0.5) is 0 Å². The summed E-state index contributed by atoms with van der Waals surface area (Å²) in [6, 6.07) is 4.56. The summed E-state index contributed by atoms with van der Waals surface area (Å²) < 4.78 is 5.33. The molecule has 2 rings (SSSR count). The number of hydrogen-bond acceptors (Lipinski definition) is 4. The minimum atomic E-state index is -0.136. The molecule has 0 bridgehead atoms. The Morgan fingerprint density at radius 2 is 2.13 bits per heavy atom. The van der Waals surface area contributed by atoms with E-state index in [1.54, 1.807) is 12.1 Å². The number of phenols is 2. The third kappa shape index (κ3) is 2.06. The minimum Gasteiger partial charge on any atom is -0.508 e. The molecular weight excluding hydrogens is 196 g/mol. The van der Waals surface area contributed by atoms with Crippen molar-refractivity contribution in [2.24, 2.45) is 0 Å². The number of aliphatic hydroxyl groups excluding tert-OH is 1. The maximum Gasteiger partial charge on any atom is 0.122 e. The molecule has 3 N–H and O–H groups in total. The van der Waals surface area contributed by atoms with Gasteiger partial charge < -0.3 is 20.1 Å². The van der Waals surface area contributed by atoms with Crippen molar-refractivity contribution in [1.82, 2.24) is 0 Å². The van der Waals surface area contributed by atoms with Crippen molar-refractivity contribution in [2.75, 3.05) is 13.2 Å². The summed E-state index contributed by atoms with van der Waals surface area (Å²) in [6.07, 6.45) is 0.567. The Kier molecular flexibility index (Phi) is 2.79. The van der Waals surface area contributed by atoms with E-state index in [1.807, 2.05) is 0 Å². The predicted molar refractivity (Wildman–Crippen MR) is 54.0 cm³/mol. The molecule has 0 aliphatic carbocycles. The highest BCUT2D eigenvalue weighted by molar-refractivity contribution is 5.41. The largest absolute Gasteiger partial charge is 0.508 e. The third-order valence-corrected chi connectivity index (χ3v) is 2.74. The Labute approximate surface area is 87.7 Å². The van der Waals surface area contributed by atoms with Crippen LogP contribution in [-0.4, -0.2) is 34.6 Å². The van der Waals surface area contributed by atoms with Crippen LogP contribution in [-0.2, 0) is 4.74 Å². The van der Waals surface area contributed by atoms with Crippen LogP contribution in [0.5, 0.6) is 11.5 Å². The van der Waals surface area contributed by atoms with Gasteiger partial charge >= 0.3 is 0 Å². The lowest BCUT2D eigenvalue weighted by atomic mass is 9.95. The van der Waals surface area contributed by atoms with E-state index in [-0.39, 0.29) is 30.1 Å². The van der Waals surface area contributed by atoms with Crippen molar-refractivity contribution < 1.29 is 20.1 Å². The maximum atomic E-state index is 9.63. The Morgan fingerprint density at radius 1 is 1.33 bits per heavy atom. The van der Waals surface area contributed by atoms with Gasteiger partial charge in [-0.2, -0.15) is 0 Å². The zero-order valence-corrected chi connectivity index (χ0v) is 8.26. The number of hydrogen-bond donors (Lipinski definition) is 3. The SMILES string of the molecule is OC[C@H]1C[C@@H](c2ccc(O)cc2O)CO1. The summed E-state index contributed by atoms with van der Waals surface area (Å²) in [5.74, 6) is 0.235. The molecule has 4 heteroatoms. The molecule has 1 aliphatic heterocycles. The first-order chi connectivity index (χ1) is 7.20. The van der Waals surface area contributed by atoms with Gasteiger partial charge in [-0.25, -0.2) is 0 Å². The summed E-state index contributed by atoms with van der Waals surface area (Å²) >= 11 is 0. The van der Waals surface area contributed by atoms with Crippen molar-refractivity contribution in [3.05, 3.63) is 23.8 Å². The molecule has 0 spiro atoms. The molecule has 1 fully saturated rings. The second-order valence-corrected chi connectivity index (χ2v) is 3.81. The first-order valence-corrected chi connectivity index (χ1v) is 4.95. The quantitative estimate of drug-likeness (QED) is 0.680. The van der Waals surface area contributed by atoms with Crippen LogP contribution in [0.2, 0.25) is 0 Å². The van der Waals surface area contributed by atoms with Crippen LogP contribution in [0.25, 0.3) is 0 Å². The lowest BCUT2D eigenvalue weighted by molar-refractivity contribution is 0.0584. The van der Waals surface area contributed by atoms with Gasteiger partial charge in [-0.1, -0.05) is 6.07 Å². The van der Waals surface area contributed by atoms with Gasteiger partial charge in [-0.3, -0.25) is 0 Å². The second kappa shape index (κ2) is 4.08. The van der Waals surface area contributed by atoms with Crippen molar-refractivity contribution in [3.63, 3.8) is 0 Å². The second-order valence-electron chi connectivity index (χ2n) is 3.81. The minimum absolute atomic E-state index is 0.00927. The molecule has 0 saturated carbocycles. The smallest absolute Gasteiger partial charge is 0.122 e. The van der Waals surface area contributed by atoms with Crippen LogP contribution in [0, 0.1) is 0 Å². The van der Waals surface area contributed by atoms with Crippen molar-refractivity contribution in [1.29, 1.82) is 0 Å². The standard InChI is InChI=1S/C11H14O4/c12-5-9-3-7(6-15-9)10-2-1-8(13)4-11(10)14/h1-2,4,7,9,12-14H,3,5-6H2/t7-,9-/m1/s1. The highest BCUT2D eigenvalue weighted by Gasteiger charge is 2.27. The lowest BCUT2D eigenvalue weighted by Crippen LogP contribution is -2.09. The summed E-state index contributed by atoms with van der Waals surface area (Å²) in [5, 5.41) is 27.7. The molecule has 1 aromatic rings. The third-order valence-electron chi connectivity index (χ3n) is 2.74. The summed E-state index contributed by atoms with van der Waals surface area (Å²) in [7, 11) is 0. The Bertz CT molecular complexity index is 350. The van der Waals surface area contributed by atoms with Crippen LogP contribution in [0.3, 0.4) is 0 Å². The number of rotatable bonds is 2. The van der Waals surface area contributed by atoms with Crippen molar-refractivity contribution in [3.8, 4) is 11.5 Å². The van der Waals surface area contributed by atoms with Gasteiger partial charge in [0, 0.05) is 12.0 Å². The van der Waals surface area contributed by atoms with E-state index in [1.165, 1.54) is 6.07 Å². The zero-order valence-electron chi connectivity index (χ0n) is 8.26. The molecule has 0 radical (unpaired) electrons. The number of benzene rings is 1. The van der Waals surface area contributed by atoms with E-state index >= 15 is 0 Å². The highest BCUT2D eigenvalue weighted by Crippen LogP contribution is 2.35. The maximum absolute atomic E-state index is 9.63. The Hall–Kier alpha value is -1.26. The number of ether oxygens (including phenoxy) is 1. The van der Waals surface area contributed by atoms with E-state index < -0.39 is 0 Å². The molecule has 0 unspecified atom stereocenters. The van der Waals surface area contributed by atoms with Gasteiger partial charge in [0.1, 0.15) is 11.5 Å². The molecule has 2 atom stereocenters. The number of phenolic OH excluding ortho intramolecular Hbond substituents is 2. The van der Waals surface area contributed by atoms with Gasteiger partial charge in [0.25, 0.3) is 0 Å². The molecule has 1 aliphatic rings. The normalized spacial score (nSPS) is 25.7. The predicted octanol–water partition coefficient (Wildman–Crippen LogP) is 0.963. The fourth-order valence-electron chi connectivity index (χ4n) is 1.93. The van der Waals surface area contributed by atoms with E-state index in [4.69, 9.17) is 14.9 Å². The molecule has 82 valence electrons. The molecular formula is C11H14O4. The van der Waals surface area contributed by atoms with Crippen molar-refractivity contribution in [2.45, 2.75) is 18.4 Å². The number of aromatic hydroxyl groups is 2. The van der Waals surface area contributed by atoms with E-state index in [0.29, 0.717) is 13.0 Å². The van der Waals surface area contributed by atoms with Crippen LogP contribution >= 0.6 is 0 Å². The average molecular weight is 210 g/mol. The van der Waals surface area contributed by atoms with Crippen molar-refractivity contribution >= 4 is 0 Å². The summed E-state index contributed by atoms with van der Waals surface area (Å²) in [5.41, 5.74) is 0.767. The van der Waals surface area contributed by atoms with E-state index in [0.717, 1.165) is 5.56 Å². The summed E-state index contributed by atoms with van der Waals surface area (Å²) in [4.78, 5) is 0. The molecule has 0 aromatic heterocycles. The monoisotopic (exact) mass is 210 g/mol. The molecule has 0 amide bonds. The summed E-state index contributed by atoms with van der Waals surface area (Å²) in [6.45, 7) is 0.513. The molecule has 1 saturated heterocycles. The lowest BCUT2D eigenvalue weighted by Gasteiger charge is -2.10. The van der Waals surface area contributed by atoms with Crippen LogP contribution in [0.15, 0.2) is 18.2 Å². The fraction of sp³-hybridized carbons (Fsp3) is 0.455. The Morgan fingerprint density at radius 3 is 2.73 bits per heavy atom. The first kappa shape index (κ1) is 10.3. The average Bonchev–Trinajstić information content (AvgIpc) is 2.66.